The van der Waals surface area contributed by atoms with Gasteiger partial charge in [-0.15, -0.1) is 0 Å². The Hall–Kier alpha value is -4.02. The van der Waals surface area contributed by atoms with Crippen molar-refractivity contribution in [3.63, 3.8) is 0 Å². The second kappa shape index (κ2) is 9.69. The Morgan fingerprint density at radius 3 is 2.54 bits per heavy atom. The molecule has 176 valence electrons. The Balaban J connectivity index is 1.31. The van der Waals surface area contributed by atoms with Crippen molar-refractivity contribution in [3.8, 4) is 17.2 Å². The van der Waals surface area contributed by atoms with Crippen LogP contribution in [0.5, 0.6) is 0 Å². The summed E-state index contributed by atoms with van der Waals surface area (Å²) in [6, 6.07) is 23.5. The Bertz CT molecular complexity index is 1390. The number of H-pyrrole nitrogens is 1. The summed E-state index contributed by atoms with van der Waals surface area (Å²) in [6.07, 6.45) is 0.653. The van der Waals surface area contributed by atoms with Gasteiger partial charge in [-0.05, 0) is 47.4 Å². The number of benzene rings is 3. The molecule has 0 saturated carbocycles. The van der Waals surface area contributed by atoms with Gasteiger partial charge in [-0.1, -0.05) is 48.5 Å². The van der Waals surface area contributed by atoms with E-state index in [9.17, 15) is 14.4 Å². The molecule has 0 radical (unpaired) electrons. The third-order valence-corrected chi connectivity index (χ3v) is 6.58. The van der Waals surface area contributed by atoms with Gasteiger partial charge in [-0.2, -0.15) is 5.26 Å². The number of likely N-dealkylation sites (tertiary alicyclic amines) is 1. The van der Waals surface area contributed by atoms with E-state index in [1.54, 1.807) is 30.3 Å². The van der Waals surface area contributed by atoms with Crippen molar-refractivity contribution in [2.24, 2.45) is 5.92 Å². The highest BCUT2D eigenvalue weighted by atomic mass is 19.1. The molecule has 1 fully saturated rings. The number of nitrogens with one attached hydrogen (secondary N) is 2. The minimum atomic E-state index is -0.606. The first-order valence-electron chi connectivity index (χ1n) is 11.5. The Labute approximate surface area is 202 Å². The van der Waals surface area contributed by atoms with Crippen molar-refractivity contribution < 1.29 is 13.6 Å². The number of nitriles is 1. The summed E-state index contributed by atoms with van der Waals surface area (Å²) in [6.45, 7) is 1.64. The van der Waals surface area contributed by atoms with Gasteiger partial charge in [0.1, 0.15) is 11.5 Å². The number of amides is 1. The first-order valence-corrected chi connectivity index (χ1v) is 11.5. The summed E-state index contributed by atoms with van der Waals surface area (Å²) < 4.78 is 28.3. The molecule has 0 bridgehead atoms. The van der Waals surface area contributed by atoms with Crippen LogP contribution >= 0.6 is 0 Å². The number of halogens is 2. The largest absolute Gasteiger partial charge is 0.349 e. The molecule has 2 heterocycles. The molecule has 0 aliphatic carbocycles. The lowest BCUT2D eigenvalue weighted by molar-refractivity contribution is 0.0931. The van der Waals surface area contributed by atoms with E-state index in [2.05, 4.69) is 21.3 Å². The van der Waals surface area contributed by atoms with E-state index in [-0.39, 0.29) is 23.5 Å². The van der Waals surface area contributed by atoms with E-state index in [0.717, 1.165) is 16.7 Å². The van der Waals surface area contributed by atoms with Crippen LogP contribution in [0.2, 0.25) is 0 Å². The van der Waals surface area contributed by atoms with Gasteiger partial charge in [0, 0.05) is 36.6 Å². The quantitative estimate of drug-likeness (QED) is 0.404. The minimum absolute atomic E-state index is 0.0127. The maximum atomic E-state index is 15.1. The van der Waals surface area contributed by atoms with Gasteiger partial charge in [0.25, 0.3) is 5.91 Å². The molecule has 35 heavy (non-hydrogen) atoms. The van der Waals surface area contributed by atoms with Gasteiger partial charge >= 0.3 is 0 Å². The maximum Gasteiger partial charge on any atom is 0.270 e. The zero-order valence-corrected chi connectivity index (χ0v) is 19.0. The van der Waals surface area contributed by atoms with Crippen molar-refractivity contribution in [1.29, 1.82) is 5.26 Å². The van der Waals surface area contributed by atoms with Crippen LogP contribution in [0.15, 0.2) is 72.8 Å². The molecule has 5 rings (SSSR count). The molecule has 0 unspecified atom stereocenters. The second-order valence-corrected chi connectivity index (χ2v) is 8.92. The molecule has 1 aliphatic heterocycles. The lowest BCUT2D eigenvalue weighted by Crippen LogP contribution is -2.40. The van der Waals surface area contributed by atoms with Crippen LogP contribution < -0.4 is 5.32 Å². The Morgan fingerprint density at radius 1 is 1.06 bits per heavy atom. The molecule has 5 nitrogen and oxygen atoms in total. The molecule has 1 aromatic heterocycles. The highest BCUT2D eigenvalue weighted by Gasteiger charge is 2.32. The summed E-state index contributed by atoms with van der Waals surface area (Å²) in [7, 11) is 0. The molecule has 2 N–H and O–H groups in total. The van der Waals surface area contributed by atoms with Gasteiger partial charge in [0.15, 0.2) is 5.82 Å². The van der Waals surface area contributed by atoms with Gasteiger partial charge in [-0.25, -0.2) is 8.78 Å². The van der Waals surface area contributed by atoms with Crippen molar-refractivity contribution in [1.82, 2.24) is 15.2 Å². The predicted octanol–water partition coefficient (Wildman–Crippen LogP) is 5.26. The molecule has 1 aliphatic rings. The fourth-order valence-corrected chi connectivity index (χ4v) is 4.74. The number of fused-ring (bicyclic) bond motifs is 1. The fourth-order valence-electron chi connectivity index (χ4n) is 4.74. The normalized spacial score (nSPS) is 18.0. The molecule has 4 aromatic rings. The number of aromatic nitrogens is 1. The zero-order chi connectivity index (χ0) is 24.4. The topological polar surface area (TPSA) is 71.9 Å². The van der Waals surface area contributed by atoms with Gasteiger partial charge in [0.05, 0.1) is 12.0 Å². The summed E-state index contributed by atoms with van der Waals surface area (Å²) in [5, 5.41) is 12.6. The summed E-state index contributed by atoms with van der Waals surface area (Å²) in [5.41, 5.74) is 3.09. The van der Waals surface area contributed by atoms with Gasteiger partial charge < -0.3 is 10.3 Å². The minimum Gasteiger partial charge on any atom is -0.349 e. The zero-order valence-electron chi connectivity index (χ0n) is 19.0. The molecular weight excluding hydrogens is 446 g/mol. The van der Waals surface area contributed by atoms with Crippen molar-refractivity contribution in [2.75, 3.05) is 13.1 Å². The molecular formula is C28H24F2N4O. The van der Waals surface area contributed by atoms with Crippen molar-refractivity contribution in [3.05, 3.63) is 95.7 Å². The lowest BCUT2D eigenvalue weighted by Gasteiger charge is -2.24. The Morgan fingerprint density at radius 2 is 1.80 bits per heavy atom. The van der Waals surface area contributed by atoms with E-state index < -0.39 is 11.7 Å². The van der Waals surface area contributed by atoms with Crippen LogP contribution in [0.3, 0.4) is 0 Å². The number of rotatable bonds is 6. The first kappa shape index (κ1) is 22.8. The van der Waals surface area contributed by atoms with E-state index in [4.69, 9.17) is 0 Å². The number of carbonyl (C=O) groups excluding carboxylic acids is 1. The summed E-state index contributed by atoms with van der Waals surface area (Å²) in [5.74, 6) is -1.56. The average Bonchev–Trinajstić information content (AvgIpc) is 3.43. The molecule has 7 heteroatoms. The average molecular weight is 471 g/mol. The number of hydrogen-bond acceptors (Lipinski definition) is 3. The highest BCUT2D eigenvalue weighted by Crippen LogP contribution is 2.28. The van der Waals surface area contributed by atoms with E-state index >= 15 is 4.39 Å². The predicted molar refractivity (Wildman–Crippen MR) is 130 cm³/mol. The number of nitrogens with zero attached hydrogens (tertiary/aromatic N) is 2. The molecule has 1 amide bonds. The standard InChI is InChI=1S/C28H24F2N4O/c29-22-9-6-20(7-10-22)21-8-11-24-25(13-21)33-27(26(24)30)28(35)32-15-23-12-19(14-31)17-34(23)16-18-4-2-1-3-5-18/h1-11,13,19,23,33H,12,15-17H2,(H,32,35)/t19-,23+/m1/s1. The lowest BCUT2D eigenvalue weighted by atomic mass is 10.0. The van der Waals surface area contributed by atoms with E-state index in [1.165, 1.54) is 12.1 Å². The fraction of sp³-hybridized carbons (Fsp3) is 0.214. The molecule has 1 saturated heterocycles. The van der Waals surface area contributed by atoms with Gasteiger partial charge in [-0.3, -0.25) is 9.69 Å². The van der Waals surface area contributed by atoms with Crippen molar-refractivity contribution >= 4 is 16.8 Å². The van der Waals surface area contributed by atoms with E-state index in [1.807, 2.05) is 30.3 Å². The maximum absolute atomic E-state index is 15.1. The monoisotopic (exact) mass is 470 g/mol. The van der Waals surface area contributed by atoms with Crippen LogP contribution in [0, 0.1) is 28.9 Å². The van der Waals surface area contributed by atoms with Crippen LogP contribution in [0.1, 0.15) is 22.5 Å². The SMILES string of the molecule is N#C[C@H]1C[C@@H](CNC(=O)c2[nH]c3cc(-c4ccc(F)cc4)ccc3c2F)N(Cc2ccccc2)C1. The van der Waals surface area contributed by atoms with Crippen LogP contribution in [0.4, 0.5) is 8.78 Å². The van der Waals surface area contributed by atoms with Crippen LogP contribution in [0.25, 0.3) is 22.0 Å². The molecule has 3 aromatic carbocycles. The molecule has 2 atom stereocenters. The van der Waals surface area contributed by atoms with Crippen LogP contribution in [-0.4, -0.2) is 34.9 Å². The van der Waals surface area contributed by atoms with Gasteiger partial charge in [0.2, 0.25) is 0 Å². The second-order valence-electron chi connectivity index (χ2n) is 8.92. The highest BCUT2D eigenvalue weighted by molar-refractivity contribution is 5.99. The van der Waals surface area contributed by atoms with E-state index in [0.29, 0.717) is 37.0 Å². The third kappa shape index (κ3) is 4.79. The Kier molecular flexibility index (Phi) is 6.30. The summed E-state index contributed by atoms with van der Waals surface area (Å²) >= 11 is 0. The number of carbonyl (C=O) groups is 1. The smallest absolute Gasteiger partial charge is 0.270 e. The third-order valence-electron chi connectivity index (χ3n) is 6.58. The van der Waals surface area contributed by atoms with Crippen molar-refractivity contribution in [2.45, 2.75) is 19.0 Å². The number of aromatic amines is 1. The summed E-state index contributed by atoms with van der Waals surface area (Å²) in [4.78, 5) is 18.0. The van der Waals surface area contributed by atoms with Crippen LogP contribution in [-0.2, 0) is 6.54 Å². The first-order chi connectivity index (χ1) is 17.0. The number of hydrogen-bond donors (Lipinski definition) is 2. The molecule has 0 spiro atoms.